The number of benzene rings is 2. The fraction of sp³-hybridized carbons (Fsp3) is 0.200. The van der Waals surface area contributed by atoms with Gasteiger partial charge in [0.25, 0.3) is 5.91 Å². The predicted molar refractivity (Wildman–Crippen MR) is 118 cm³/mol. The van der Waals surface area contributed by atoms with Gasteiger partial charge in [-0.25, -0.2) is 0 Å². The molecule has 0 unspecified atom stereocenters. The number of hydrogen-bond acceptors (Lipinski definition) is 7. The van der Waals surface area contributed by atoms with Crippen molar-refractivity contribution in [1.82, 2.24) is 0 Å². The van der Waals surface area contributed by atoms with Crippen LogP contribution in [0.3, 0.4) is 0 Å². The molecule has 3 rings (SSSR count). The highest BCUT2D eigenvalue weighted by Gasteiger charge is 2.33. The second kappa shape index (κ2) is 8.12. The summed E-state index contributed by atoms with van der Waals surface area (Å²) in [5.74, 6) is 0.245. The molecule has 0 saturated carbocycles. The molecule has 0 spiro atoms. The van der Waals surface area contributed by atoms with Gasteiger partial charge in [-0.1, -0.05) is 24.0 Å². The van der Waals surface area contributed by atoms with Crippen molar-refractivity contribution < 1.29 is 19.4 Å². The third-order valence-electron chi connectivity index (χ3n) is 4.22. The van der Waals surface area contributed by atoms with Crippen LogP contribution in [0.2, 0.25) is 0 Å². The number of amides is 1. The SMILES string of the molecule is COc1cc(/C=C2/SC(=S)N(c3ccc(N(C)C)cc3)C2=O)cc(OC)c1O. The number of methoxy groups -OCH3 is 2. The first kappa shape index (κ1) is 20.0. The normalized spacial score (nSPS) is 15.3. The third kappa shape index (κ3) is 3.79. The van der Waals surface area contributed by atoms with Gasteiger partial charge in [0.1, 0.15) is 0 Å². The number of phenols is 1. The number of carbonyl (C=O) groups is 1. The molecule has 0 bridgehead atoms. The monoisotopic (exact) mass is 416 g/mol. The number of rotatable bonds is 5. The van der Waals surface area contributed by atoms with Crippen LogP contribution in [0.1, 0.15) is 5.56 Å². The van der Waals surface area contributed by atoms with Gasteiger partial charge in [-0.05, 0) is 48.0 Å². The molecule has 1 amide bonds. The van der Waals surface area contributed by atoms with Crippen molar-refractivity contribution in [3.63, 3.8) is 0 Å². The summed E-state index contributed by atoms with van der Waals surface area (Å²) in [4.78, 5) is 16.9. The largest absolute Gasteiger partial charge is 0.502 e. The van der Waals surface area contributed by atoms with Crippen molar-refractivity contribution in [3.8, 4) is 17.2 Å². The first-order chi connectivity index (χ1) is 13.3. The van der Waals surface area contributed by atoms with Gasteiger partial charge in [-0.15, -0.1) is 0 Å². The summed E-state index contributed by atoms with van der Waals surface area (Å²) in [5.41, 5.74) is 2.42. The number of phenolic OH excluding ortho intramolecular Hbond substituents is 1. The molecule has 0 atom stereocenters. The fourth-order valence-electron chi connectivity index (χ4n) is 2.74. The summed E-state index contributed by atoms with van der Waals surface area (Å²) in [6.45, 7) is 0. The highest BCUT2D eigenvalue weighted by molar-refractivity contribution is 8.27. The van der Waals surface area contributed by atoms with Crippen molar-refractivity contribution in [3.05, 3.63) is 46.9 Å². The maximum absolute atomic E-state index is 12.9. The van der Waals surface area contributed by atoms with E-state index in [0.29, 0.717) is 14.8 Å². The van der Waals surface area contributed by atoms with Gasteiger partial charge in [-0.2, -0.15) is 0 Å². The maximum atomic E-state index is 12.9. The lowest BCUT2D eigenvalue weighted by atomic mass is 10.1. The summed E-state index contributed by atoms with van der Waals surface area (Å²) in [6, 6.07) is 10.9. The molecule has 28 heavy (non-hydrogen) atoms. The Labute approximate surface area is 173 Å². The molecule has 2 aromatic carbocycles. The minimum atomic E-state index is -0.196. The van der Waals surface area contributed by atoms with Crippen molar-refractivity contribution in [2.24, 2.45) is 0 Å². The van der Waals surface area contributed by atoms with Gasteiger partial charge in [-0.3, -0.25) is 9.69 Å². The molecular weight excluding hydrogens is 396 g/mol. The van der Waals surface area contributed by atoms with Crippen LogP contribution in [0.5, 0.6) is 17.2 Å². The van der Waals surface area contributed by atoms with E-state index in [1.54, 1.807) is 18.2 Å². The second-order valence-electron chi connectivity index (χ2n) is 6.20. The van der Waals surface area contributed by atoms with Crippen molar-refractivity contribution in [2.45, 2.75) is 0 Å². The Morgan fingerprint density at radius 2 is 1.68 bits per heavy atom. The van der Waals surface area contributed by atoms with Gasteiger partial charge in [0.05, 0.1) is 24.8 Å². The van der Waals surface area contributed by atoms with Crippen LogP contribution >= 0.6 is 24.0 Å². The first-order valence-electron chi connectivity index (χ1n) is 8.36. The van der Waals surface area contributed by atoms with E-state index in [-0.39, 0.29) is 23.2 Å². The van der Waals surface area contributed by atoms with E-state index in [4.69, 9.17) is 21.7 Å². The molecule has 1 saturated heterocycles. The Kier molecular flexibility index (Phi) is 5.81. The van der Waals surface area contributed by atoms with Crippen molar-refractivity contribution in [1.29, 1.82) is 0 Å². The van der Waals surface area contributed by atoms with Crippen LogP contribution in [0.25, 0.3) is 6.08 Å². The van der Waals surface area contributed by atoms with Crippen LogP contribution < -0.4 is 19.3 Å². The smallest absolute Gasteiger partial charge is 0.270 e. The predicted octanol–water partition coefficient (Wildman–Crippen LogP) is 3.88. The number of hydrogen-bond donors (Lipinski definition) is 1. The Morgan fingerprint density at radius 1 is 1.11 bits per heavy atom. The molecule has 2 aromatic rings. The highest BCUT2D eigenvalue weighted by Crippen LogP contribution is 2.40. The summed E-state index contributed by atoms with van der Waals surface area (Å²) in [7, 11) is 6.82. The topological polar surface area (TPSA) is 62.2 Å². The Morgan fingerprint density at radius 3 is 2.18 bits per heavy atom. The average Bonchev–Trinajstić information content (AvgIpc) is 2.96. The van der Waals surface area contributed by atoms with Crippen molar-refractivity contribution >= 4 is 51.7 Å². The third-order valence-corrected chi connectivity index (χ3v) is 5.52. The molecule has 6 nitrogen and oxygen atoms in total. The van der Waals surface area contributed by atoms with Crippen LogP contribution in [0, 0.1) is 0 Å². The maximum Gasteiger partial charge on any atom is 0.270 e. The van der Waals surface area contributed by atoms with Gasteiger partial charge in [0.15, 0.2) is 15.8 Å². The number of carbonyl (C=O) groups excluding carboxylic acids is 1. The van der Waals surface area contributed by atoms with Gasteiger partial charge in [0, 0.05) is 19.8 Å². The zero-order valence-electron chi connectivity index (χ0n) is 15.9. The lowest BCUT2D eigenvalue weighted by Crippen LogP contribution is -2.27. The lowest BCUT2D eigenvalue weighted by molar-refractivity contribution is -0.113. The highest BCUT2D eigenvalue weighted by atomic mass is 32.2. The zero-order chi connectivity index (χ0) is 20.4. The average molecular weight is 417 g/mol. The molecular formula is C20H20N2O4S2. The van der Waals surface area contributed by atoms with Crippen molar-refractivity contribution in [2.75, 3.05) is 38.1 Å². The van der Waals surface area contributed by atoms with Crippen LogP contribution in [0.4, 0.5) is 11.4 Å². The number of anilines is 2. The molecule has 0 radical (unpaired) electrons. The summed E-state index contributed by atoms with van der Waals surface area (Å²) < 4.78 is 10.8. The van der Waals surface area contributed by atoms with E-state index in [2.05, 4.69) is 0 Å². The molecule has 1 aliphatic heterocycles. The number of ether oxygens (including phenoxy) is 2. The van der Waals surface area contributed by atoms with Crippen LogP contribution in [0.15, 0.2) is 41.3 Å². The van der Waals surface area contributed by atoms with E-state index in [0.717, 1.165) is 11.4 Å². The van der Waals surface area contributed by atoms with E-state index in [9.17, 15) is 9.90 Å². The molecule has 1 aliphatic rings. The summed E-state index contributed by atoms with van der Waals surface area (Å²) >= 11 is 6.65. The zero-order valence-corrected chi connectivity index (χ0v) is 17.6. The quantitative estimate of drug-likeness (QED) is 0.586. The molecule has 8 heteroatoms. The van der Waals surface area contributed by atoms with Crippen LogP contribution in [-0.4, -0.2) is 43.6 Å². The minimum Gasteiger partial charge on any atom is -0.502 e. The molecule has 146 valence electrons. The Hall–Kier alpha value is -2.71. The molecule has 0 aliphatic carbocycles. The number of thiocarbonyl (C=S) groups is 1. The Balaban J connectivity index is 1.93. The van der Waals surface area contributed by atoms with Gasteiger partial charge < -0.3 is 19.5 Å². The van der Waals surface area contributed by atoms with Gasteiger partial charge in [0.2, 0.25) is 5.75 Å². The molecule has 1 N–H and O–H groups in total. The summed E-state index contributed by atoms with van der Waals surface area (Å²) in [6.07, 6.45) is 1.71. The molecule has 1 fully saturated rings. The van der Waals surface area contributed by atoms with E-state index in [1.165, 1.54) is 30.9 Å². The van der Waals surface area contributed by atoms with E-state index < -0.39 is 0 Å². The Bertz CT molecular complexity index is 930. The summed E-state index contributed by atoms with van der Waals surface area (Å²) in [5, 5.41) is 10.0. The minimum absolute atomic E-state index is 0.0873. The number of nitrogens with zero attached hydrogens (tertiary/aromatic N) is 2. The number of aromatic hydroxyl groups is 1. The fourth-order valence-corrected chi connectivity index (χ4v) is 4.04. The van der Waals surface area contributed by atoms with Gasteiger partial charge >= 0.3 is 0 Å². The van der Waals surface area contributed by atoms with Crippen LogP contribution in [-0.2, 0) is 4.79 Å². The molecule has 0 aromatic heterocycles. The standard InChI is InChI=1S/C20H20N2O4S2/c1-21(2)13-5-7-14(8-6-13)22-19(24)17(28-20(22)27)11-12-9-15(25-3)18(23)16(10-12)26-4/h5-11,23H,1-4H3/b17-11+. The lowest BCUT2D eigenvalue weighted by Gasteiger charge is -2.17. The van der Waals surface area contributed by atoms with E-state index in [1.807, 2.05) is 43.3 Å². The second-order valence-corrected chi connectivity index (χ2v) is 7.88. The molecule has 1 heterocycles. The number of thioether (sulfide) groups is 1. The van der Waals surface area contributed by atoms with E-state index >= 15 is 0 Å². The first-order valence-corrected chi connectivity index (χ1v) is 9.58.